The number of carbonyl (C=O) groups excluding carboxylic acids is 1. The van der Waals surface area contributed by atoms with E-state index in [1.807, 2.05) is 47.5 Å². The Morgan fingerprint density at radius 2 is 1.73 bits per heavy atom. The van der Waals surface area contributed by atoms with Gasteiger partial charge < -0.3 is 0 Å². The molecule has 6 rings (SSSR count). The van der Waals surface area contributed by atoms with Gasteiger partial charge in [0.05, 0.1) is 11.4 Å². The zero-order valence-electron chi connectivity index (χ0n) is 15.4. The van der Waals surface area contributed by atoms with Gasteiger partial charge in [-0.2, -0.15) is 0 Å². The van der Waals surface area contributed by atoms with Crippen molar-refractivity contribution >= 4 is 28.1 Å². The summed E-state index contributed by atoms with van der Waals surface area (Å²) in [7, 11) is 0. The minimum atomic E-state index is 0.229. The number of anilines is 2. The lowest BCUT2D eigenvalue weighted by molar-refractivity contribution is -0.126. The first-order valence-electron chi connectivity index (χ1n) is 9.90. The molecule has 4 fully saturated rings. The summed E-state index contributed by atoms with van der Waals surface area (Å²) in [6.07, 6.45) is 8.74. The number of rotatable bonds is 4. The van der Waals surface area contributed by atoms with Crippen LogP contribution in [0.5, 0.6) is 0 Å². The maximum atomic E-state index is 13.5. The molecule has 1 aromatic carbocycles. The molecule has 136 valence electrons. The number of hydrogen-bond acceptors (Lipinski definition) is 3. The standard InChI is InChI=1S/C22H26N2OS/c1-15-14-26-21(23-15)24(19-5-3-2-4-6-19)20(25)13-22-10-16-7-17(11-22)9-18(8-16)12-22/h2-6,14,16-18H,7-13H2,1H3. The number of hydrogen-bond donors (Lipinski definition) is 0. The van der Waals surface area contributed by atoms with Crippen molar-refractivity contribution in [3.63, 3.8) is 0 Å². The van der Waals surface area contributed by atoms with Crippen LogP contribution in [0.25, 0.3) is 0 Å². The van der Waals surface area contributed by atoms with E-state index >= 15 is 0 Å². The molecule has 1 heterocycles. The first-order valence-corrected chi connectivity index (χ1v) is 10.8. The fourth-order valence-electron chi connectivity index (χ4n) is 6.29. The summed E-state index contributed by atoms with van der Waals surface area (Å²) in [4.78, 5) is 20.0. The highest BCUT2D eigenvalue weighted by molar-refractivity contribution is 7.14. The fourth-order valence-corrected chi connectivity index (χ4v) is 7.13. The molecule has 4 saturated carbocycles. The topological polar surface area (TPSA) is 33.2 Å². The number of amides is 1. The van der Waals surface area contributed by atoms with Gasteiger partial charge in [0.15, 0.2) is 5.13 Å². The van der Waals surface area contributed by atoms with E-state index in [-0.39, 0.29) is 11.3 Å². The lowest BCUT2D eigenvalue weighted by atomic mass is 9.49. The van der Waals surface area contributed by atoms with Crippen LogP contribution in [0.1, 0.15) is 50.6 Å². The molecule has 0 N–H and O–H groups in total. The van der Waals surface area contributed by atoms with Gasteiger partial charge in [0.1, 0.15) is 0 Å². The maximum Gasteiger partial charge on any atom is 0.233 e. The predicted molar refractivity (Wildman–Crippen MR) is 106 cm³/mol. The van der Waals surface area contributed by atoms with Crippen LogP contribution >= 0.6 is 11.3 Å². The van der Waals surface area contributed by atoms with Crippen molar-refractivity contribution in [1.29, 1.82) is 0 Å². The Labute approximate surface area is 159 Å². The molecule has 0 unspecified atom stereocenters. The van der Waals surface area contributed by atoms with E-state index in [9.17, 15) is 4.79 Å². The van der Waals surface area contributed by atoms with Crippen LogP contribution in [0, 0.1) is 30.1 Å². The first-order chi connectivity index (χ1) is 12.6. The van der Waals surface area contributed by atoms with Crippen molar-refractivity contribution in [3.8, 4) is 0 Å². The number of aryl methyl sites for hydroxylation is 1. The minimum absolute atomic E-state index is 0.229. The number of aromatic nitrogens is 1. The summed E-state index contributed by atoms with van der Waals surface area (Å²) in [6, 6.07) is 10.0. The van der Waals surface area contributed by atoms with Gasteiger partial charge in [-0.25, -0.2) is 4.98 Å². The Morgan fingerprint density at radius 1 is 1.12 bits per heavy atom. The lowest BCUT2D eigenvalue weighted by Gasteiger charge is -2.56. The zero-order chi connectivity index (χ0) is 17.7. The first kappa shape index (κ1) is 16.5. The second-order valence-electron chi connectivity index (χ2n) is 8.93. The molecule has 0 aliphatic heterocycles. The number of nitrogens with zero attached hydrogens (tertiary/aromatic N) is 2. The van der Waals surface area contributed by atoms with Crippen molar-refractivity contribution in [1.82, 2.24) is 4.98 Å². The highest BCUT2D eigenvalue weighted by Crippen LogP contribution is 2.61. The van der Waals surface area contributed by atoms with Crippen molar-refractivity contribution in [2.45, 2.75) is 51.9 Å². The van der Waals surface area contributed by atoms with Crippen molar-refractivity contribution < 1.29 is 4.79 Å². The summed E-state index contributed by atoms with van der Waals surface area (Å²) in [5, 5.41) is 2.84. The van der Waals surface area contributed by atoms with Gasteiger partial charge >= 0.3 is 0 Å². The predicted octanol–water partition coefficient (Wildman–Crippen LogP) is 5.72. The molecule has 26 heavy (non-hydrogen) atoms. The van der Waals surface area contributed by atoms with Gasteiger partial charge in [-0.05, 0) is 80.8 Å². The largest absolute Gasteiger partial charge is 0.274 e. The van der Waals surface area contributed by atoms with Crippen molar-refractivity contribution in [2.75, 3.05) is 4.90 Å². The summed E-state index contributed by atoms with van der Waals surface area (Å²) >= 11 is 1.57. The number of para-hydroxylation sites is 1. The zero-order valence-corrected chi connectivity index (χ0v) is 16.2. The van der Waals surface area contributed by atoms with Crippen LogP contribution < -0.4 is 4.90 Å². The van der Waals surface area contributed by atoms with Crippen molar-refractivity contribution in [3.05, 3.63) is 41.4 Å². The third-order valence-corrected chi connectivity index (χ3v) is 7.70. The summed E-state index contributed by atoms with van der Waals surface area (Å²) < 4.78 is 0. The molecule has 2 aromatic rings. The number of benzene rings is 1. The van der Waals surface area contributed by atoms with Gasteiger partial charge in [0.2, 0.25) is 5.91 Å². The maximum absolute atomic E-state index is 13.5. The van der Waals surface area contributed by atoms with E-state index in [0.717, 1.165) is 34.3 Å². The van der Waals surface area contributed by atoms with Gasteiger partial charge in [-0.3, -0.25) is 9.69 Å². The molecule has 4 heteroatoms. The SMILES string of the molecule is Cc1csc(N(C(=O)CC23CC4CC(CC(C4)C2)C3)c2ccccc2)n1. The third-order valence-electron chi connectivity index (χ3n) is 6.75. The number of carbonyl (C=O) groups is 1. The van der Waals surface area contributed by atoms with E-state index in [4.69, 9.17) is 0 Å². The monoisotopic (exact) mass is 366 g/mol. The van der Waals surface area contributed by atoms with Crippen LogP contribution in [0.15, 0.2) is 35.7 Å². The highest BCUT2D eigenvalue weighted by Gasteiger charge is 2.52. The number of thiazole rings is 1. The molecule has 4 aliphatic rings. The van der Waals surface area contributed by atoms with E-state index in [1.165, 1.54) is 38.5 Å². The van der Waals surface area contributed by atoms with Crippen LogP contribution in [-0.4, -0.2) is 10.9 Å². The average molecular weight is 367 g/mol. The van der Waals surface area contributed by atoms with E-state index in [1.54, 1.807) is 11.3 Å². The molecule has 4 aliphatic carbocycles. The molecule has 4 bridgehead atoms. The molecule has 0 atom stereocenters. The Kier molecular flexibility index (Phi) is 3.93. The highest BCUT2D eigenvalue weighted by atomic mass is 32.1. The van der Waals surface area contributed by atoms with Gasteiger partial charge in [0, 0.05) is 11.8 Å². The van der Waals surface area contributed by atoms with Crippen LogP contribution in [-0.2, 0) is 4.79 Å². The average Bonchev–Trinajstić information content (AvgIpc) is 3.00. The molecular formula is C22H26N2OS. The van der Waals surface area contributed by atoms with Crippen LogP contribution in [0.3, 0.4) is 0 Å². The Hall–Kier alpha value is -1.68. The molecule has 1 aromatic heterocycles. The van der Waals surface area contributed by atoms with Gasteiger partial charge in [0.25, 0.3) is 0 Å². The van der Waals surface area contributed by atoms with Crippen LogP contribution in [0.2, 0.25) is 0 Å². The smallest absolute Gasteiger partial charge is 0.233 e. The summed E-state index contributed by atoms with van der Waals surface area (Å²) in [6.45, 7) is 1.99. The van der Waals surface area contributed by atoms with Gasteiger partial charge in [-0.15, -0.1) is 11.3 Å². The van der Waals surface area contributed by atoms with E-state index in [2.05, 4.69) is 4.98 Å². The second kappa shape index (κ2) is 6.19. The Morgan fingerprint density at radius 3 is 2.27 bits per heavy atom. The lowest BCUT2D eigenvalue weighted by Crippen LogP contribution is -2.48. The minimum Gasteiger partial charge on any atom is -0.274 e. The molecule has 3 nitrogen and oxygen atoms in total. The second-order valence-corrected chi connectivity index (χ2v) is 9.77. The quantitative estimate of drug-likeness (QED) is 0.693. The van der Waals surface area contributed by atoms with Crippen molar-refractivity contribution in [2.24, 2.45) is 23.2 Å². The Balaban J connectivity index is 1.45. The molecular weight excluding hydrogens is 340 g/mol. The van der Waals surface area contributed by atoms with E-state index < -0.39 is 0 Å². The molecule has 1 amide bonds. The third kappa shape index (κ3) is 2.88. The molecule has 0 spiro atoms. The van der Waals surface area contributed by atoms with E-state index in [0.29, 0.717) is 6.42 Å². The summed E-state index contributed by atoms with van der Waals surface area (Å²) in [5.74, 6) is 2.86. The fraction of sp³-hybridized carbons (Fsp3) is 0.545. The normalized spacial score (nSPS) is 32.0. The Bertz CT molecular complexity index is 777. The summed E-state index contributed by atoms with van der Waals surface area (Å²) in [5.41, 5.74) is 2.18. The molecule has 0 radical (unpaired) electrons. The molecule has 0 saturated heterocycles. The van der Waals surface area contributed by atoms with Gasteiger partial charge in [-0.1, -0.05) is 18.2 Å². The van der Waals surface area contributed by atoms with Crippen LogP contribution in [0.4, 0.5) is 10.8 Å².